The number of aryl methyl sites for hydroxylation is 3. The highest BCUT2D eigenvalue weighted by Crippen LogP contribution is 2.34. The van der Waals surface area contributed by atoms with Crippen LogP contribution in [-0.2, 0) is 29.4 Å². The van der Waals surface area contributed by atoms with Crippen LogP contribution in [0.4, 0.5) is 0 Å². The molecule has 3 aromatic heterocycles. The van der Waals surface area contributed by atoms with Gasteiger partial charge in [0, 0.05) is 16.6 Å². The average Bonchev–Trinajstić information content (AvgIpc) is 3.29. The average molecular weight is 407 g/mol. The highest BCUT2D eigenvalue weighted by molar-refractivity contribution is 7.89. The minimum atomic E-state index is -3.64. The number of hydrogen-bond donors (Lipinski definition) is 2. The zero-order chi connectivity index (χ0) is 19.0. The summed E-state index contributed by atoms with van der Waals surface area (Å²) in [5, 5.41) is 11.3. The van der Waals surface area contributed by atoms with Crippen molar-refractivity contribution in [3.63, 3.8) is 0 Å². The number of nitrogens with zero attached hydrogens (tertiary/aromatic N) is 2. The summed E-state index contributed by atoms with van der Waals surface area (Å²) in [6.45, 7) is 3.83. The second kappa shape index (κ2) is 7.21. The molecule has 0 saturated heterocycles. The van der Waals surface area contributed by atoms with Gasteiger partial charge in [0.1, 0.15) is 0 Å². The van der Waals surface area contributed by atoms with E-state index in [1.807, 2.05) is 6.92 Å². The van der Waals surface area contributed by atoms with Crippen molar-refractivity contribution in [1.29, 1.82) is 0 Å². The van der Waals surface area contributed by atoms with Gasteiger partial charge in [0.2, 0.25) is 10.0 Å². The molecular formula is C18H22N4O3S2. The molecule has 3 heterocycles. The van der Waals surface area contributed by atoms with Gasteiger partial charge in [-0.3, -0.25) is 5.10 Å². The van der Waals surface area contributed by atoms with Gasteiger partial charge in [-0.25, -0.2) is 13.1 Å². The Balaban J connectivity index is 1.54. The fourth-order valence-corrected chi connectivity index (χ4v) is 5.97. The molecule has 0 bridgehead atoms. The first kappa shape index (κ1) is 18.4. The lowest BCUT2D eigenvalue weighted by atomic mass is 10.1. The number of rotatable bonds is 5. The smallest absolute Gasteiger partial charge is 0.242 e. The van der Waals surface area contributed by atoms with Crippen LogP contribution in [0.25, 0.3) is 10.6 Å². The zero-order valence-corrected chi connectivity index (χ0v) is 17.0. The van der Waals surface area contributed by atoms with Crippen molar-refractivity contribution in [2.24, 2.45) is 0 Å². The van der Waals surface area contributed by atoms with Crippen molar-refractivity contribution >= 4 is 21.4 Å². The first-order chi connectivity index (χ1) is 12.9. The molecule has 1 aliphatic rings. The highest BCUT2D eigenvalue weighted by atomic mass is 32.2. The summed E-state index contributed by atoms with van der Waals surface area (Å²) >= 11 is 1.38. The minimum absolute atomic E-state index is 0.195. The van der Waals surface area contributed by atoms with Crippen LogP contribution in [-0.4, -0.2) is 23.8 Å². The second-order valence-corrected chi connectivity index (χ2v) is 9.87. The van der Waals surface area contributed by atoms with Gasteiger partial charge in [0.05, 0.1) is 27.7 Å². The molecule has 2 N–H and O–H groups in total. The largest absolute Gasteiger partial charge is 0.355 e. The van der Waals surface area contributed by atoms with Crippen LogP contribution in [0.3, 0.4) is 0 Å². The Labute approximate surface area is 162 Å². The Morgan fingerprint density at radius 1 is 1.22 bits per heavy atom. The van der Waals surface area contributed by atoms with Gasteiger partial charge in [-0.2, -0.15) is 5.10 Å². The van der Waals surface area contributed by atoms with Gasteiger partial charge in [0.25, 0.3) is 0 Å². The Hall–Kier alpha value is -1.97. The van der Waals surface area contributed by atoms with Gasteiger partial charge in [-0.15, -0.1) is 11.3 Å². The van der Waals surface area contributed by atoms with E-state index in [4.69, 9.17) is 4.52 Å². The van der Waals surface area contributed by atoms with E-state index in [1.54, 1.807) is 19.1 Å². The van der Waals surface area contributed by atoms with Crippen LogP contribution in [0.5, 0.6) is 0 Å². The van der Waals surface area contributed by atoms with Crippen LogP contribution < -0.4 is 4.72 Å². The molecule has 144 valence electrons. The molecule has 0 aliphatic heterocycles. The van der Waals surface area contributed by atoms with E-state index in [0.717, 1.165) is 47.6 Å². The molecule has 3 aromatic rings. The number of aromatic amines is 1. The molecule has 0 unspecified atom stereocenters. The lowest BCUT2D eigenvalue weighted by Gasteiger charge is -2.06. The van der Waals surface area contributed by atoms with Gasteiger partial charge in [-0.1, -0.05) is 11.6 Å². The first-order valence-electron chi connectivity index (χ1n) is 9.03. The van der Waals surface area contributed by atoms with E-state index in [0.29, 0.717) is 10.6 Å². The topological polar surface area (TPSA) is 101 Å². The van der Waals surface area contributed by atoms with Crippen LogP contribution in [0.15, 0.2) is 21.6 Å². The van der Waals surface area contributed by atoms with Crippen LogP contribution in [0.1, 0.15) is 46.8 Å². The number of fused-ring (bicyclic) bond motifs is 1. The summed E-state index contributed by atoms with van der Waals surface area (Å²) in [6.07, 6.45) is 5.41. The van der Waals surface area contributed by atoms with E-state index < -0.39 is 10.0 Å². The third-order valence-corrected chi connectivity index (χ3v) is 7.58. The number of hydrogen-bond acceptors (Lipinski definition) is 6. The van der Waals surface area contributed by atoms with E-state index in [2.05, 4.69) is 20.1 Å². The zero-order valence-electron chi connectivity index (χ0n) is 15.3. The molecule has 0 fully saturated rings. The van der Waals surface area contributed by atoms with Gasteiger partial charge in [0.15, 0.2) is 5.76 Å². The van der Waals surface area contributed by atoms with E-state index in [9.17, 15) is 8.42 Å². The van der Waals surface area contributed by atoms with Crippen LogP contribution in [0.2, 0.25) is 0 Å². The van der Waals surface area contributed by atoms with Crippen molar-refractivity contribution in [3.05, 3.63) is 39.7 Å². The quantitative estimate of drug-likeness (QED) is 0.632. The van der Waals surface area contributed by atoms with E-state index >= 15 is 0 Å². The monoisotopic (exact) mass is 406 g/mol. The van der Waals surface area contributed by atoms with Crippen molar-refractivity contribution in [1.82, 2.24) is 20.1 Å². The molecule has 7 nitrogen and oxygen atoms in total. The number of thiophene rings is 1. The van der Waals surface area contributed by atoms with Crippen molar-refractivity contribution in [2.45, 2.75) is 57.4 Å². The normalized spacial score (nSPS) is 14.9. The SMILES string of the molecule is Cc1cc(-c2cc(S(=O)(=O)NCc3n[nH]c4c3CCCCC4)c(C)s2)on1. The molecule has 0 radical (unpaired) electrons. The summed E-state index contributed by atoms with van der Waals surface area (Å²) in [6, 6.07) is 3.45. The Kier molecular flexibility index (Phi) is 4.92. The van der Waals surface area contributed by atoms with Crippen LogP contribution in [0, 0.1) is 13.8 Å². The Bertz CT molecular complexity index is 1060. The lowest BCUT2D eigenvalue weighted by molar-refractivity contribution is 0.428. The molecule has 0 aromatic carbocycles. The van der Waals surface area contributed by atoms with Crippen molar-refractivity contribution in [3.8, 4) is 10.6 Å². The highest BCUT2D eigenvalue weighted by Gasteiger charge is 2.23. The number of aromatic nitrogens is 3. The second-order valence-electron chi connectivity index (χ2n) is 6.88. The maximum absolute atomic E-state index is 12.8. The van der Waals surface area contributed by atoms with Crippen molar-refractivity contribution in [2.75, 3.05) is 0 Å². The third kappa shape index (κ3) is 3.71. The molecular weight excluding hydrogens is 384 g/mol. The number of H-pyrrole nitrogens is 1. The summed E-state index contributed by atoms with van der Waals surface area (Å²) in [5.74, 6) is 0.583. The molecule has 4 rings (SSSR count). The van der Waals surface area contributed by atoms with Gasteiger partial charge in [-0.05, 0) is 51.2 Å². The van der Waals surface area contributed by atoms with Crippen molar-refractivity contribution < 1.29 is 12.9 Å². The summed E-state index contributed by atoms with van der Waals surface area (Å²) < 4.78 is 33.7. The fourth-order valence-electron chi connectivity index (χ4n) is 3.45. The number of sulfonamides is 1. The van der Waals surface area contributed by atoms with E-state index in [-0.39, 0.29) is 11.4 Å². The fraction of sp³-hybridized carbons (Fsp3) is 0.444. The molecule has 27 heavy (non-hydrogen) atoms. The maximum Gasteiger partial charge on any atom is 0.242 e. The van der Waals surface area contributed by atoms with Crippen LogP contribution >= 0.6 is 11.3 Å². The molecule has 0 spiro atoms. The molecule has 0 saturated carbocycles. The molecule has 1 aliphatic carbocycles. The van der Waals surface area contributed by atoms with E-state index in [1.165, 1.54) is 23.3 Å². The molecule has 0 amide bonds. The predicted molar refractivity (Wildman–Crippen MR) is 103 cm³/mol. The number of nitrogens with one attached hydrogen (secondary N) is 2. The minimum Gasteiger partial charge on any atom is -0.355 e. The first-order valence-corrected chi connectivity index (χ1v) is 11.3. The lowest BCUT2D eigenvalue weighted by Crippen LogP contribution is -2.24. The Morgan fingerprint density at radius 2 is 2.04 bits per heavy atom. The summed E-state index contributed by atoms with van der Waals surface area (Å²) in [5.41, 5.74) is 3.89. The molecule has 0 atom stereocenters. The predicted octanol–water partition coefficient (Wildman–Crippen LogP) is 3.49. The maximum atomic E-state index is 12.8. The standard InChI is InChI=1S/C18H22N4O3S2/c1-11-8-16(25-22-11)17-9-18(12(2)26-17)27(23,24)19-10-15-13-6-4-3-5-7-14(13)20-21-15/h8-9,19H,3-7,10H2,1-2H3,(H,20,21). The third-order valence-electron chi connectivity index (χ3n) is 4.85. The molecule has 9 heteroatoms. The summed E-state index contributed by atoms with van der Waals surface area (Å²) in [7, 11) is -3.64. The van der Waals surface area contributed by atoms with Gasteiger partial charge >= 0.3 is 0 Å². The Morgan fingerprint density at radius 3 is 2.81 bits per heavy atom. The summed E-state index contributed by atoms with van der Waals surface area (Å²) in [4.78, 5) is 1.74. The van der Waals surface area contributed by atoms with Gasteiger partial charge < -0.3 is 4.52 Å².